The molecular weight excluding hydrogens is 277 g/mol. The average Bonchev–Trinajstić information content (AvgIpc) is 3.04. The number of para-hydroxylation sites is 1. The fourth-order valence-corrected chi connectivity index (χ4v) is 2.63. The molecule has 1 fully saturated rings. The van der Waals surface area contributed by atoms with Crippen LogP contribution in [0.25, 0.3) is 0 Å². The molecule has 2 rings (SSSR count). The van der Waals surface area contributed by atoms with Crippen LogP contribution in [-0.2, 0) is 4.79 Å². The molecule has 0 aliphatic heterocycles. The van der Waals surface area contributed by atoms with Crippen LogP contribution >= 0.6 is 35.8 Å². The first kappa shape index (κ1) is 13.1. The lowest BCUT2D eigenvalue weighted by molar-refractivity contribution is -0.117. The number of carbonyl (C=O) groups is 1. The summed E-state index contributed by atoms with van der Waals surface area (Å²) in [4.78, 5) is 11.9. The summed E-state index contributed by atoms with van der Waals surface area (Å²) in [7, 11) is 0. The second-order valence-corrected chi connectivity index (χ2v) is 5.61. The summed E-state index contributed by atoms with van der Waals surface area (Å²) >= 11 is 16.2. The summed E-state index contributed by atoms with van der Waals surface area (Å²) < 4.78 is 0. The van der Waals surface area contributed by atoms with Crippen LogP contribution in [0.1, 0.15) is 19.3 Å². The topological polar surface area (TPSA) is 29.1 Å². The Bertz CT molecular complexity index is 426. The molecule has 0 radical (unpaired) electrons. The van der Waals surface area contributed by atoms with Crippen molar-refractivity contribution in [3.63, 3.8) is 0 Å². The van der Waals surface area contributed by atoms with E-state index in [4.69, 9.17) is 23.2 Å². The molecule has 0 saturated heterocycles. The van der Waals surface area contributed by atoms with Crippen molar-refractivity contribution in [3.05, 3.63) is 28.2 Å². The number of amides is 1. The van der Waals surface area contributed by atoms with Crippen molar-refractivity contribution >= 4 is 47.4 Å². The van der Waals surface area contributed by atoms with E-state index < -0.39 is 0 Å². The van der Waals surface area contributed by atoms with Crippen molar-refractivity contribution in [2.75, 3.05) is 11.1 Å². The molecule has 1 aliphatic carbocycles. The van der Waals surface area contributed by atoms with Gasteiger partial charge in [0, 0.05) is 6.42 Å². The van der Waals surface area contributed by atoms with Gasteiger partial charge in [-0.15, -0.1) is 0 Å². The van der Waals surface area contributed by atoms with Crippen LogP contribution in [0.5, 0.6) is 0 Å². The van der Waals surface area contributed by atoms with Crippen molar-refractivity contribution in [1.29, 1.82) is 0 Å². The van der Waals surface area contributed by atoms with Crippen LogP contribution < -0.4 is 5.32 Å². The number of hydrogen-bond donors (Lipinski definition) is 2. The Balaban J connectivity index is 2.03. The predicted molar refractivity (Wildman–Crippen MR) is 75.2 cm³/mol. The van der Waals surface area contributed by atoms with E-state index in [2.05, 4.69) is 17.9 Å². The number of benzene rings is 1. The number of anilines is 1. The lowest BCUT2D eigenvalue weighted by Crippen LogP contribution is -2.18. The van der Waals surface area contributed by atoms with Gasteiger partial charge in [0.15, 0.2) is 0 Å². The highest BCUT2D eigenvalue weighted by molar-refractivity contribution is 7.80. The van der Waals surface area contributed by atoms with Gasteiger partial charge in [-0.05, 0) is 36.1 Å². The molecule has 1 amide bonds. The highest BCUT2D eigenvalue weighted by Gasteiger charge is 2.42. The number of hydrogen-bond acceptors (Lipinski definition) is 2. The fourth-order valence-electron chi connectivity index (χ4n) is 1.71. The van der Waals surface area contributed by atoms with E-state index in [9.17, 15) is 4.79 Å². The Kier molecular flexibility index (Phi) is 3.91. The van der Waals surface area contributed by atoms with E-state index in [1.807, 2.05) is 0 Å². The third kappa shape index (κ3) is 3.09. The molecule has 0 aromatic heterocycles. The summed E-state index contributed by atoms with van der Waals surface area (Å²) in [6.45, 7) is 0. The summed E-state index contributed by atoms with van der Waals surface area (Å²) in [5, 5.41) is 3.69. The molecule has 17 heavy (non-hydrogen) atoms. The zero-order valence-electron chi connectivity index (χ0n) is 9.17. The van der Waals surface area contributed by atoms with Crippen LogP contribution in [0.4, 0.5) is 5.69 Å². The van der Waals surface area contributed by atoms with Gasteiger partial charge in [0.2, 0.25) is 5.91 Å². The van der Waals surface area contributed by atoms with Gasteiger partial charge in [-0.25, -0.2) is 0 Å². The van der Waals surface area contributed by atoms with Gasteiger partial charge in [-0.2, -0.15) is 12.6 Å². The van der Waals surface area contributed by atoms with E-state index in [0.717, 1.165) is 18.6 Å². The smallest absolute Gasteiger partial charge is 0.225 e. The molecule has 0 unspecified atom stereocenters. The number of thiol groups is 1. The summed E-state index contributed by atoms with van der Waals surface area (Å²) in [6, 6.07) is 5.15. The third-order valence-electron chi connectivity index (χ3n) is 3.06. The first-order valence-electron chi connectivity index (χ1n) is 5.41. The first-order valence-corrected chi connectivity index (χ1v) is 6.80. The molecule has 1 N–H and O–H groups in total. The SMILES string of the molecule is O=C(CC1(CS)CC1)Nc1c(Cl)cccc1Cl. The third-order valence-corrected chi connectivity index (χ3v) is 4.36. The molecular formula is C12H13Cl2NOS. The van der Waals surface area contributed by atoms with Gasteiger partial charge in [-0.3, -0.25) is 4.79 Å². The maximum atomic E-state index is 11.9. The molecule has 0 atom stereocenters. The van der Waals surface area contributed by atoms with Crippen molar-refractivity contribution < 1.29 is 4.79 Å². The lowest BCUT2D eigenvalue weighted by atomic mass is 10.1. The van der Waals surface area contributed by atoms with Crippen molar-refractivity contribution in [2.24, 2.45) is 5.41 Å². The molecule has 5 heteroatoms. The predicted octanol–water partition coefficient (Wildman–Crippen LogP) is 4.03. The van der Waals surface area contributed by atoms with Gasteiger partial charge in [-0.1, -0.05) is 29.3 Å². The van der Waals surface area contributed by atoms with Crippen LogP contribution in [0.3, 0.4) is 0 Å². The molecule has 2 nitrogen and oxygen atoms in total. The fraction of sp³-hybridized carbons (Fsp3) is 0.417. The van der Waals surface area contributed by atoms with Crippen LogP contribution in [0, 0.1) is 5.41 Å². The minimum Gasteiger partial charge on any atom is -0.324 e. The lowest BCUT2D eigenvalue weighted by Gasteiger charge is -2.13. The molecule has 0 bridgehead atoms. The van der Waals surface area contributed by atoms with Gasteiger partial charge in [0.05, 0.1) is 15.7 Å². The molecule has 1 aromatic carbocycles. The van der Waals surface area contributed by atoms with E-state index in [0.29, 0.717) is 22.2 Å². The Morgan fingerprint density at radius 3 is 2.41 bits per heavy atom. The molecule has 1 aliphatic rings. The standard InChI is InChI=1S/C12H13Cl2NOS/c13-8-2-1-3-9(14)11(8)15-10(16)6-12(7-17)4-5-12/h1-3,17H,4-7H2,(H,15,16). The van der Waals surface area contributed by atoms with Gasteiger partial charge in [0.25, 0.3) is 0 Å². The normalized spacial score (nSPS) is 16.6. The molecule has 1 aromatic rings. The Morgan fingerprint density at radius 1 is 1.35 bits per heavy atom. The van der Waals surface area contributed by atoms with E-state index >= 15 is 0 Å². The molecule has 0 spiro atoms. The van der Waals surface area contributed by atoms with Gasteiger partial charge >= 0.3 is 0 Å². The Hall–Kier alpha value is -0.380. The number of nitrogens with one attached hydrogen (secondary N) is 1. The number of carbonyl (C=O) groups excluding carboxylic acids is 1. The summed E-state index contributed by atoms with van der Waals surface area (Å²) in [5.74, 6) is 0.697. The Morgan fingerprint density at radius 2 is 1.94 bits per heavy atom. The molecule has 92 valence electrons. The van der Waals surface area contributed by atoms with E-state index in [1.165, 1.54) is 0 Å². The van der Waals surface area contributed by atoms with Crippen molar-refractivity contribution in [1.82, 2.24) is 0 Å². The summed E-state index contributed by atoms with van der Waals surface area (Å²) in [5.41, 5.74) is 0.594. The second kappa shape index (κ2) is 5.09. The molecule has 0 heterocycles. The Labute approximate surface area is 116 Å². The minimum absolute atomic E-state index is 0.0495. The van der Waals surface area contributed by atoms with E-state index in [-0.39, 0.29) is 11.3 Å². The first-order chi connectivity index (χ1) is 8.06. The monoisotopic (exact) mass is 289 g/mol. The van der Waals surface area contributed by atoms with Crippen molar-refractivity contribution in [3.8, 4) is 0 Å². The maximum Gasteiger partial charge on any atom is 0.225 e. The minimum atomic E-state index is -0.0495. The molecule has 1 saturated carbocycles. The highest BCUT2D eigenvalue weighted by atomic mass is 35.5. The van der Waals surface area contributed by atoms with Crippen LogP contribution in [0.2, 0.25) is 10.0 Å². The van der Waals surface area contributed by atoms with Crippen molar-refractivity contribution in [2.45, 2.75) is 19.3 Å². The average molecular weight is 290 g/mol. The van der Waals surface area contributed by atoms with Gasteiger partial charge in [0.1, 0.15) is 0 Å². The number of rotatable bonds is 4. The van der Waals surface area contributed by atoms with E-state index in [1.54, 1.807) is 18.2 Å². The zero-order chi connectivity index (χ0) is 12.5. The van der Waals surface area contributed by atoms with Crippen LogP contribution in [0.15, 0.2) is 18.2 Å². The maximum absolute atomic E-state index is 11.9. The largest absolute Gasteiger partial charge is 0.324 e. The number of halogens is 2. The van der Waals surface area contributed by atoms with Crippen LogP contribution in [-0.4, -0.2) is 11.7 Å². The highest BCUT2D eigenvalue weighted by Crippen LogP contribution is 2.49. The summed E-state index contributed by atoms with van der Waals surface area (Å²) in [6.07, 6.45) is 2.62. The zero-order valence-corrected chi connectivity index (χ0v) is 11.6. The quantitative estimate of drug-likeness (QED) is 0.805. The van der Waals surface area contributed by atoms with Gasteiger partial charge < -0.3 is 5.32 Å². The second-order valence-electron chi connectivity index (χ2n) is 4.48.